The Morgan fingerprint density at radius 2 is 1.83 bits per heavy atom. The van der Waals surface area contributed by atoms with Crippen molar-refractivity contribution in [2.24, 2.45) is 0 Å². The van der Waals surface area contributed by atoms with E-state index < -0.39 is 28.8 Å². The van der Waals surface area contributed by atoms with Crippen LogP contribution in [0, 0.1) is 10.1 Å². The van der Waals surface area contributed by atoms with E-state index in [2.05, 4.69) is 4.98 Å². The van der Waals surface area contributed by atoms with E-state index in [0.717, 1.165) is 24.3 Å². The van der Waals surface area contributed by atoms with Gasteiger partial charge >= 0.3 is 37.2 Å². The van der Waals surface area contributed by atoms with E-state index >= 15 is 0 Å². The van der Waals surface area contributed by atoms with E-state index in [0.29, 0.717) is 5.39 Å². The SMILES string of the molecule is O=[N+]([O-])c1ccc(OP(=O)(O)CNS(=O)(=O)c2cccc3cccnc23)cc1.[H-].[Na+]. The third kappa shape index (κ3) is 5.83. The molecule has 2 N–H and O–H groups in total. The molecule has 0 aliphatic rings. The predicted molar refractivity (Wildman–Crippen MR) is 102 cm³/mol. The smallest absolute Gasteiger partial charge is 1.00 e. The number of hydrogen-bond acceptors (Lipinski definition) is 7. The van der Waals surface area contributed by atoms with E-state index in [1.54, 1.807) is 18.2 Å². The van der Waals surface area contributed by atoms with Gasteiger partial charge in [-0.05, 0) is 24.3 Å². The Labute approximate surface area is 189 Å². The van der Waals surface area contributed by atoms with Crippen molar-refractivity contribution in [1.82, 2.24) is 9.71 Å². The zero-order chi connectivity index (χ0) is 20.4. The Balaban J connectivity index is 0.00000225. The largest absolute Gasteiger partial charge is 1.00 e. The maximum Gasteiger partial charge on any atom is 1.00 e. The molecule has 10 nitrogen and oxygen atoms in total. The van der Waals surface area contributed by atoms with Crippen molar-refractivity contribution >= 4 is 34.2 Å². The van der Waals surface area contributed by atoms with Crippen LogP contribution in [0.5, 0.6) is 5.75 Å². The summed E-state index contributed by atoms with van der Waals surface area (Å²) in [7, 11) is -8.56. The molecule has 1 aromatic heterocycles. The molecule has 1 heterocycles. The summed E-state index contributed by atoms with van der Waals surface area (Å²) in [5, 5.41) is 11.2. The predicted octanol–water partition coefficient (Wildman–Crippen LogP) is -0.240. The second-order valence-corrected chi connectivity index (χ2v) is 9.13. The maximum atomic E-state index is 12.6. The van der Waals surface area contributed by atoms with Crippen LogP contribution in [0.25, 0.3) is 10.9 Å². The van der Waals surface area contributed by atoms with Crippen LogP contribution in [-0.2, 0) is 14.6 Å². The second kappa shape index (κ2) is 9.31. The summed E-state index contributed by atoms with van der Waals surface area (Å²) in [4.78, 5) is 23.8. The average Bonchev–Trinajstić information content (AvgIpc) is 2.66. The fourth-order valence-electron chi connectivity index (χ4n) is 2.36. The Hall–Kier alpha value is -1.85. The van der Waals surface area contributed by atoms with Crippen molar-refractivity contribution in [3.05, 3.63) is 70.9 Å². The molecule has 0 aliphatic heterocycles. The molecule has 13 heteroatoms. The number of hydrogen-bond donors (Lipinski definition) is 2. The Morgan fingerprint density at radius 3 is 2.48 bits per heavy atom. The number of pyridine rings is 1. The summed E-state index contributed by atoms with van der Waals surface area (Å²) >= 11 is 0. The molecule has 148 valence electrons. The van der Waals surface area contributed by atoms with Crippen LogP contribution in [0.2, 0.25) is 0 Å². The molecule has 2 aromatic carbocycles. The van der Waals surface area contributed by atoms with Gasteiger partial charge in [0.25, 0.3) is 5.69 Å². The molecular formula is C16H15N3NaO7PS. The number of nitro groups is 1. The van der Waals surface area contributed by atoms with Crippen molar-refractivity contribution in [1.29, 1.82) is 0 Å². The van der Waals surface area contributed by atoms with Gasteiger partial charge in [-0.1, -0.05) is 18.2 Å². The van der Waals surface area contributed by atoms with Gasteiger partial charge in [-0.3, -0.25) is 15.1 Å². The van der Waals surface area contributed by atoms with E-state index in [-0.39, 0.29) is 52.8 Å². The molecule has 3 rings (SSSR count). The first kappa shape index (κ1) is 23.4. The number of para-hydroxylation sites is 1. The summed E-state index contributed by atoms with van der Waals surface area (Å²) in [6.07, 6.45) is 0.547. The number of nitrogens with one attached hydrogen (secondary N) is 1. The molecule has 1 unspecified atom stereocenters. The van der Waals surface area contributed by atoms with E-state index in [4.69, 9.17) is 4.52 Å². The molecular weight excluding hydrogens is 432 g/mol. The Morgan fingerprint density at radius 1 is 1.17 bits per heavy atom. The zero-order valence-corrected chi connectivity index (χ0v) is 18.8. The second-order valence-electron chi connectivity index (χ2n) is 5.62. The third-order valence-corrected chi connectivity index (χ3v) is 6.34. The molecule has 0 radical (unpaired) electrons. The molecule has 0 amide bonds. The summed E-state index contributed by atoms with van der Waals surface area (Å²) in [5.74, 6) is -0.109. The van der Waals surface area contributed by atoms with Crippen LogP contribution < -0.4 is 38.8 Å². The molecule has 1 atom stereocenters. The molecule has 0 fully saturated rings. The van der Waals surface area contributed by atoms with Crippen LogP contribution in [0.4, 0.5) is 5.69 Å². The van der Waals surface area contributed by atoms with Gasteiger partial charge in [-0.15, -0.1) is 0 Å². The Kier molecular flexibility index (Phi) is 7.52. The summed E-state index contributed by atoms with van der Waals surface area (Å²) < 4.78 is 44.2. The van der Waals surface area contributed by atoms with Gasteiger partial charge in [0.15, 0.2) is 0 Å². The maximum absolute atomic E-state index is 12.6. The summed E-state index contributed by atoms with van der Waals surface area (Å²) in [6, 6.07) is 12.4. The van der Waals surface area contributed by atoms with Crippen molar-refractivity contribution in [3.8, 4) is 5.75 Å². The van der Waals surface area contributed by atoms with Gasteiger partial charge < -0.3 is 10.8 Å². The summed E-state index contributed by atoms with van der Waals surface area (Å²) in [6.45, 7) is 0. The van der Waals surface area contributed by atoms with E-state index in [9.17, 15) is 28.0 Å². The normalized spacial score (nSPS) is 13.3. The summed E-state index contributed by atoms with van der Waals surface area (Å²) in [5.41, 5.74) is 0.00541. The van der Waals surface area contributed by atoms with Crippen molar-refractivity contribution in [2.75, 3.05) is 6.29 Å². The average molecular weight is 447 g/mol. The van der Waals surface area contributed by atoms with Crippen molar-refractivity contribution in [3.63, 3.8) is 0 Å². The number of nitrogens with zero attached hydrogens (tertiary/aromatic N) is 2. The van der Waals surface area contributed by atoms with Gasteiger partial charge in [0.1, 0.15) is 16.9 Å². The molecule has 0 spiro atoms. The number of sulfonamides is 1. The van der Waals surface area contributed by atoms with Crippen LogP contribution in [0.1, 0.15) is 1.43 Å². The topological polar surface area (TPSA) is 149 Å². The molecule has 0 saturated heterocycles. The number of fused-ring (bicyclic) bond motifs is 1. The quantitative estimate of drug-likeness (QED) is 0.218. The fraction of sp³-hybridized carbons (Fsp3) is 0.0625. The van der Waals surface area contributed by atoms with Gasteiger partial charge in [0, 0.05) is 23.7 Å². The number of aromatic nitrogens is 1. The number of non-ortho nitro benzene ring substituents is 1. The van der Waals surface area contributed by atoms with Gasteiger partial charge in [0.2, 0.25) is 10.0 Å². The first-order valence-electron chi connectivity index (χ1n) is 7.77. The van der Waals surface area contributed by atoms with Gasteiger partial charge in [-0.25, -0.2) is 13.0 Å². The van der Waals surface area contributed by atoms with Crippen LogP contribution in [0.3, 0.4) is 0 Å². The zero-order valence-electron chi connectivity index (χ0n) is 16.1. The number of rotatable bonds is 7. The van der Waals surface area contributed by atoms with E-state index in [1.165, 1.54) is 18.3 Å². The standard InChI is InChI=1S/C16H14N3O7PS.Na.H/c20-19(21)13-6-8-14(9-7-13)26-27(22,23)11-18-28(24,25)15-5-1-3-12-4-2-10-17-16(12)15;;/h1-10,18H,11H2,(H,22,23);;/q;+1;-1. The first-order valence-corrected chi connectivity index (χ1v) is 11.0. The third-order valence-electron chi connectivity index (χ3n) is 3.64. The number of benzene rings is 2. The van der Waals surface area contributed by atoms with Crippen LogP contribution >= 0.6 is 7.60 Å². The van der Waals surface area contributed by atoms with E-state index in [1.807, 2.05) is 4.72 Å². The minimum absolute atomic E-state index is 0. The van der Waals surface area contributed by atoms with Gasteiger partial charge in [-0.2, -0.15) is 4.72 Å². The molecule has 0 saturated carbocycles. The monoisotopic (exact) mass is 447 g/mol. The van der Waals surface area contributed by atoms with Crippen LogP contribution in [-0.4, -0.2) is 29.5 Å². The molecule has 29 heavy (non-hydrogen) atoms. The van der Waals surface area contributed by atoms with Crippen molar-refractivity contribution < 1.29 is 58.3 Å². The molecule has 0 aliphatic carbocycles. The number of nitro benzene ring substituents is 1. The van der Waals surface area contributed by atoms with Crippen molar-refractivity contribution in [2.45, 2.75) is 4.90 Å². The Bertz CT molecular complexity index is 1190. The molecule has 0 bridgehead atoms. The fourth-order valence-corrected chi connectivity index (χ4v) is 5.05. The minimum atomic E-state index is -4.41. The van der Waals surface area contributed by atoms with Crippen LogP contribution in [0.15, 0.2) is 65.7 Å². The van der Waals surface area contributed by atoms with Gasteiger partial charge in [0.05, 0.1) is 10.4 Å². The minimum Gasteiger partial charge on any atom is -1.00 e. The molecule has 3 aromatic rings. The first-order chi connectivity index (χ1) is 13.2.